The van der Waals surface area contributed by atoms with E-state index in [9.17, 15) is 4.79 Å². The second-order valence-electron chi connectivity index (χ2n) is 4.82. The van der Waals surface area contributed by atoms with E-state index in [0.29, 0.717) is 12.4 Å². The molecule has 3 aromatic rings. The predicted octanol–water partition coefficient (Wildman–Crippen LogP) is 2.92. The number of benzene rings is 1. The highest BCUT2D eigenvalue weighted by atomic mass is 16.5. The molecule has 5 nitrogen and oxygen atoms in total. The number of pyridine rings is 1. The maximum Gasteiger partial charge on any atom is 0.335 e. The first-order valence-corrected chi connectivity index (χ1v) is 6.52. The fraction of sp³-hybridized carbons (Fsp3) is 0.125. The lowest BCUT2D eigenvalue weighted by Gasteiger charge is -2.04. The van der Waals surface area contributed by atoms with Crippen LogP contribution < -0.4 is 4.74 Å². The number of aromatic nitrogens is 2. The van der Waals surface area contributed by atoms with E-state index < -0.39 is 5.97 Å². The average Bonchev–Trinajstić information content (AvgIpc) is 2.87. The maximum atomic E-state index is 10.8. The zero-order valence-electron chi connectivity index (χ0n) is 11.5. The quantitative estimate of drug-likeness (QED) is 0.799. The van der Waals surface area contributed by atoms with Crippen molar-refractivity contribution in [1.29, 1.82) is 0 Å². The van der Waals surface area contributed by atoms with Gasteiger partial charge in [-0.1, -0.05) is 6.07 Å². The summed E-state index contributed by atoms with van der Waals surface area (Å²) in [6, 6.07) is 10.3. The minimum absolute atomic E-state index is 0.241. The summed E-state index contributed by atoms with van der Waals surface area (Å²) >= 11 is 0. The smallest absolute Gasteiger partial charge is 0.335 e. The molecule has 21 heavy (non-hydrogen) atoms. The average molecular weight is 282 g/mol. The number of hydrogen-bond donors (Lipinski definition) is 1. The zero-order chi connectivity index (χ0) is 14.8. The lowest BCUT2D eigenvalue weighted by Crippen LogP contribution is -1.98. The summed E-state index contributed by atoms with van der Waals surface area (Å²) in [7, 11) is 0. The molecule has 2 aromatic heterocycles. The Morgan fingerprint density at radius 1 is 1.19 bits per heavy atom. The maximum absolute atomic E-state index is 10.8. The molecule has 0 unspecified atom stereocenters. The normalized spacial score (nSPS) is 10.7. The first kappa shape index (κ1) is 13.2. The molecule has 0 aliphatic carbocycles. The molecular formula is C16H14N2O3. The number of carboxylic acid groups (broad SMARTS) is 1. The Balaban J connectivity index is 1.72. The SMILES string of the molecule is Cc1ccc2nc(COc3ccc(C(=O)O)cc3)cn2c1. The Bertz CT molecular complexity index is 791. The first-order valence-electron chi connectivity index (χ1n) is 6.52. The van der Waals surface area contributed by atoms with Crippen LogP contribution in [0.1, 0.15) is 21.6 Å². The van der Waals surface area contributed by atoms with Crippen molar-refractivity contribution in [2.24, 2.45) is 0 Å². The standard InChI is InChI=1S/C16H14N2O3/c1-11-2-7-15-17-13(9-18(15)8-11)10-21-14-5-3-12(4-6-14)16(19)20/h2-9H,10H2,1H3,(H,19,20). The lowest BCUT2D eigenvalue weighted by molar-refractivity contribution is 0.0697. The number of aromatic carboxylic acids is 1. The van der Waals surface area contributed by atoms with Gasteiger partial charge in [-0.05, 0) is 42.8 Å². The molecule has 0 aliphatic heterocycles. The molecule has 0 saturated heterocycles. The number of carboxylic acids is 1. The van der Waals surface area contributed by atoms with Gasteiger partial charge >= 0.3 is 5.97 Å². The van der Waals surface area contributed by atoms with Gasteiger partial charge < -0.3 is 14.2 Å². The summed E-state index contributed by atoms with van der Waals surface area (Å²) in [4.78, 5) is 15.2. The van der Waals surface area contributed by atoms with Gasteiger partial charge in [-0.3, -0.25) is 0 Å². The molecule has 5 heteroatoms. The van der Waals surface area contributed by atoms with Gasteiger partial charge in [0.1, 0.15) is 18.0 Å². The van der Waals surface area contributed by atoms with E-state index in [1.165, 1.54) is 12.1 Å². The molecule has 0 spiro atoms. The van der Waals surface area contributed by atoms with Crippen molar-refractivity contribution in [1.82, 2.24) is 9.38 Å². The number of imidazole rings is 1. The highest BCUT2D eigenvalue weighted by Gasteiger charge is 2.05. The van der Waals surface area contributed by atoms with Gasteiger partial charge in [0.25, 0.3) is 0 Å². The first-order chi connectivity index (χ1) is 10.1. The van der Waals surface area contributed by atoms with Crippen molar-refractivity contribution in [2.75, 3.05) is 0 Å². The van der Waals surface area contributed by atoms with Crippen LogP contribution in [0.4, 0.5) is 0 Å². The summed E-state index contributed by atoms with van der Waals surface area (Å²) < 4.78 is 7.58. The van der Waals surface area contributed by atoms with Crippen LogP contribution in [-0.2, 0) is 6.61 Å². The summed E-state index contributed by atoms with van der Waals surface area (Å²) in [5.41, 5.74) is 3.10. The van der Waals surface area contributed by atoms with E-state index >= 15 is 0 Å². The molecule has 3 rings (SSSR count). The van der Waals surface area contributed by atoms with Gasteiger partial charge in [0, 0.05) is 12.4 Å². The van der Waals surface area contributed by atoms with Crippen LogP contribution in [-0.4, -0.2) is 20.5 Å². The molecule has 0 atom stereocenters. The van der Waals surface area contributed by atoms with Crippen molar-refractivity contribution in [3.63, 3.8) is 0 Å². The molecule has 0 radical (unpaired) electrons. The van der Waals surface area contributed by atoms with Gasteiger partial charge in [-0.2, -0.15) is 0 Å². The van der Waals surface area contributed by atoms with E-state index in [0.717, 1.165) is 16.9 Å². The second-order valence-corrected chi connectivity index (χ2v) is 4.82. The molecule has 2 heterocycles. The molecule has 0 fully saturated rings. The number of fused-ring (bicyclic) bond motifs is 1. The van der Waals surface area contributed by atoms with Crippen molar-refractivity contribution < 1.29 is 14.6 Å². The molecule has 0 saturated carbocycles. The van der Waals surface area contributed by atoms with Gasteiger partial charge in [-0.25, -0.2) is 9.78 Å². The van der Waals surface area contributed by atoms with E-state index in [2.05, 4.69) is 4.98 Å². The van der Waals surface area contributed by atoms with E-state index in [4.69, 9.17) is 9.84 Å². The third kappa shape index (κ3) is 2.86. The topological polar surface area (TPSA) is 63.8 Å². The van der Waals surface area contributed by atoms with E-state index in [1.807, 2.05) is 35.9 Å². The lowest BCUT2D eigenvalue weighted by atomic mass is 10.2. The van der Waals surface area contributed by atoms with Crippen LogP contribution in [0.25, 0.3) is 5.65 Å². The highest BCUT2D eigenvalue weighted by molar-refractivity contribution is 5.87. The Hall–Kier alpha value is -2.82. The zero-order valence-corrected chi connectivity index (χ0v) is 11.5. The Kier molecular flexibility index (Phi) is 3.31. The summed E-state index contributed by atoms with van der Waals surface area (Å²) in [5.74, 6) is -0.328. The molecule has 0 bridgehead atoms. The largest absolute Gasteiger partial charge is 0.487 e. The van der Waals surface area contributed by atoms with Gasteiger partial charge in [0.15, 0.2) is 0 Å². The number of ether oxygens (including phenoxy) is 1. The second kappa shape index (κ2) is 5.28. The Labute approximate surface area is 121 Å². The number of aryl methyl sites for hydroxylation is 1. The number of hydrogen-bond acceptors (Lipinski definition) is 3. The molecule has 1 N–H and O–H groups in total. The van der Waals surface area contributed by atoms with Crippen molar-refractivity contribution in [2.45, 2.75) is 13.5 Å². The van der Waals surface area contributed by atoms with Crippen molar-refractivity contribution in [3.8, 4) is 5.75 Å². The third-order valence-corrected chi connectivity index (χ3v) is 3.14. The van der Waals surface area contributed by atoms with Crippen molar-refractivity contribution >= 4 is 11.6 Å². The minimum atomic E-state index is -0.947. The predicted molar refractivity (Wildman–Crippen MR) is 77.7 cm³/mol. The number of nitrogens with zero attached hydrogens (tertiary/aromatic N) is 2. The molecule has 0 aliphatic rings. The van der Waals surface area contributed by atoms with Crippen LogP contribution in [0.3, 0.4) is 0 Å². The molecule has 1 aromatic carbocycles. The highest BCUT2D eigenvalue weighted by Crippen LogP contribution is 2.15. The minimum Gasteiger partial charge on any atom is -0.487 e. The van der Waals surface area contributed by atoms with Crippen LogP contribution in [0.15, 0.2) is 48.8 Å². The van der Waals surface area contributed by atoms with Gasteiger partial charge in [-0.15, -0.1) is 0 Å². The third-order valence-electron chi connectivity index (χ3n) is 3.14. The van der Waals surface area contributed by atoms with Crippen molar-refractivity contribution in [3.05, 3.63) is 65.6 Å². The van der Waals surface area contributed by atoms with Gasteiger partial charge in [0.2, 0.25) is 0 Å². The van der Waals surface area contributed by atoms with E-state index in [1.54, 1.807) is 12.1 Å². The van der Waals surface area contributed by atoms with Crippen LogP contribution in [0, 0.1) is 6.92 Å². The number of rotatable bonds is 4. The van der Waals surface area contributed by atoms with Gasteiger partial charge in [0.05, 0.1) is 11.3 Å². The Morgan fingerprint density at radius 2 is 1.95 bits per heavy atom. The van der Waals surface area contributed by atoms with Crippen LogP contribution >= 0.6 is 0 Å². The van der Waals surface area contributed by atoms with Crippen LogP contribution in [0.5, 0.6) is 5.75 Å². The molecule has 0 amide bonds. The van der Waals surface area contributed by atoms with Crippen LogP contribution in [0.2, 0.25) is 0 Å². The fourth-order valence-corrected chi connectivity index (χ4v) is 2.08. The van der Waals surface area contributed by atoms with E-state index in [-0.39, 0.29) is 5.56 Å². The summed E-state index contributed by atoms with van der Waals surface area (Å²) in [6.07, 6.45) is 3.93. The molecule has 106 valence electrons. The number of carbonyl (C=O) groups is 1. The summed E-state index contributed by atoms with van der Waals surface area (Å²) in [6.45, 7) is 2.37. The Morgan fingerprint density at radius 3 is 2.67 bits per heavy atom. The monoisotopic (exact) mass is 282 g/mol. The fourth-order valence-electron chi connectivity index (χ4n) is 2.08. The summed E-state index contributed by atoms with van der Waals surface area (Å²) in [5, 5.41) is 8.83. The molecular weight excluding hydrogens is 268 g/mol.